The third-order valence-electron chi connectivity index (χ3n) is 3.07. The Labute approximate surface area is 111 Å². The zero-order valence-corrected chi connectivity index (χ0v) is 11.3. The summed E-state index contributed by atoms with van der Waals surface area (Å²) in [5, 5.41) is 3.13. The lowest BCUT2D eigenvalue weighted by molar-refractivity contribution is 0.619. The SMILES string of the molecule is CCc1nc(N)c(C)c(Nc2cccc(F)c2C)n1. The van der Waals surface area contributed by atoms with Crippen LogP contribution in [0.3, 0.4) is 0 Å². The summed E-state index contributed by atoms with van der Waals surface area (Å²) in [6.45, 7) is 5.52. The van der Waals surface area contributed by atoms with Crippen LogP contribution in [0.25, 0.3) is 0 Å². The Morgan fingerprint density at radius 1 is 1.21 bits per heavy atom. The zero-order chi connectivity index (χ0) is 14.0. The minimum Gasteiger partial charge on any atom is -0.383 e. The first-order valence-corrected chi connectivity index (χ1v) is 6.18. The fraction of sp³-hybridized carbons (Fsp3) is 0.286. The number of hydrogen-bond acceptors (Lipinski definition) is 4. The van der Waals surface area contributed by atoms with Gasteiger partial charge in [-0.05, 0) is 26.0 Å². The number of aromatic nitrogens is 2. The fourth-order valence-electron chi connectivity index (χ4n) is 1.73. The van der Waals surface area contributed by atoms with E-state index in [2.05, 4.69) is 15.3 Å². The van der Waals surface area contributed by atoms with Gasteiger partial charge in [0.05, 0.1) is 0 Å². The number of nitrogen functional groups attached to an aromatic ring is 1. The topological polar surface area (TPSA) is 63.8 Å². The van der Waals surface area contributed by atoms with E-state index < -0.39 is 0 Å². The number of benzene rings is 1. The van der Waals surface area contributed by atoms with E-state index in [0.29, 0.717) is 35.1 Å². The number of halogens is 1. The fourth-order valence-corrected chi connectivity index (χ4v) is 1.73. The van der Waals surface area contributed by atoms with Crippen LogP contribution < -0.4 is 11.1 Å². The minimum atomic E-state index is -0.250. The van der Waals surface area contributed by atoms with Gasteiger partial charge >= 0.3 is 0 Å². The molecule has 0 saturated heterocycles. The third kappa shape index (κ3) is 2.65. The number of nitrogens with zero attached hydrogens (tertiary/aromatic N) is 2. The van der Waals surface area contributed by atoms with Crippen molar-refractivity contribution in [3.63, 3.8) is 0 Å². The van der Waals surface area contributed by atoms with Crippen molar-refractivity contribution in [1.29, 1.82) is 0 Å². The monoisotopic (exact) mass is 260 g/mol. The van der Waals surface area contributed by atoms with Gasteiger partial charge in [0.15, 0.2) is 0 Å². The molecule has 0 atom stereocenters. The van der Waals surface area contributed by atoms with Gasteiger partial charge in [0, 0.05) is 23.2 Å². The number of nitrogens with two attached hydrogens (primary N) is 1. The van der Waals surface area contributed by atoms with E-state index in [1.54, 1.807) is 13.0 Å². The van der Waals surface area contributed by atoms with Gasteiger partial charge in [-0.2, -0.15) is 0 Å². The Morgan fingerprint density at radius 3 is 2.63 bits per heavy atom. The van der Waals surface area contributed by atoms with Crippen LogP contribution >= 0.6 is 0 Å². The molecule has 0 aliphatic carbocycles. The van der Waals surface area contributed by atoms with Crippen molar-refractivity contribution < 1.29 is 4.39 Å². The van der Waals surface area contributed by atoms with E-state index in [4.69, 9.17) is 5.73 Å². The summed E-state index contributed by atoms with van der Waals surface area (Å²) in [6, 6.07) is 4.90. The lowest BCUT2D eigenvalue weighted by Crippen LogP contribution is -2.07. The quantitative estimate of drug-likeness (QED) is 0.890. The van der Waals surface area contributed by atoms with Crippen molar-refractivity contribution in [2.45, 2.75) is 27.2 Å². The summed E-state index contributed by atoms with van der Waals surface area (Å²) < 4.78 is 13.5. The van der Waals surface area contributed by atoms with E-state index in [-0.39, 0.29) is 5.82 Å². The molecule has 0 fully saturated rings. The highest BCUT2D eigenvalue weighted by molar-refractivity contribution is 5.66. The Hall–Kier alpha value is -2.17. The molecule has 3 N–H and O–H groups in total. The highest BCUT2D eigenvalue weighted by Crippen LogP contribution is 2.25. The summed E-state index contributed by atoms with van der Waals surface area (Å²) in [7, 11) is 0. The maximum absolute atomic E-state index is 13.5. The van der Waals surface area contributed by atoms with Crippen molar-refractivity contribution in [2.24, 2.45) is 0 Å². The highest BCUT2D eigenvalue weighted by Gasteiger charge is 2.10. The Kier molecular flexibility index (Phi) is 3.64. The summed E-state index contributed by atoms with van der Waals surface area (Å²) in [6.07, 6.45) is 0.696. The normalized spacial score (nSPS) is 10.5. The van der Waals surface area contributed by atoms with Gasteiger partial charge < -0.3 is 11.1 Å². The predicted octanol–water partition coefficient (Wildman–Crippen LogP) is 3.12. The molecule has 0 aliphatic rings. The Bertz CT molecular complexity index is 611. The van der Waals surface area contributed by atoms with Crippen molar-refractivity contribution in [1.82, 2.24) is 9.97 Å². The van der Waals surface area contributed by atoms with Crippen LogP contribution in [0.5, 0.6) is 0 Å². The molecule has 19 heavy (non-hydrogen) atoms. The average molecular weight is 260 g/mol. The first kappa shape index (κ1) is 13.3. The molecule has 0 bridgehead atoms. The lowest BCUT2D eigenvalue weighted by Gasteiger charge is -2.13. The van der Waals surface area contributed by atoms with Crippen LogP contribution in [-0.2, 0) is 6.42 Å². The largest absolute Gasteiger partial charge is 0.383 e. The molecule has 1 aromatic carbocycles. The van der Waals surface area contributed by atoms with Gasteiger partial charge in [0.1, 0.15) is 23.3 Å². The molecule has 5 heteroatoms. The summed E-state index contributed by atoms with van der Waals surface area (Å²) in [5.74, 6) is 1.49. The summed E-state index contributed by atoms with van der Waals surface area (Å²) >= 11 is 0. The van der Waals surface area contributed by atoms with Crippen molar-refractivity contribution in [2.75, 3.05) is 11.1 Å². The molecular formula is C14H17FN4. The van der Waals surface area contributed by atoms with Gasteiger partial charge in [-0.3, -0.25) is 0 Å². The van der Waals surface area contributed by atoms with E-state index >= 15 is 0 Å². The van der Waals surface area contributed by atoms with Crippen LogP contribution in [0.4, 0.5) is 21.7 Å². The molecule has 2 aromatic rings. The number of hydrogen-bond donors (Lipinski definition) is 2. The zero-order valence-electron chi connectivity index (χ0n) is 11.3. The summed E-state index contributed by atoms with van der Waals surface area (Å²) in [5.41, 5.74) is 7.85. The molecule has 0 amide bonds. The van der Waals surface area contributed by atoms with Gasteiger partial charge in [-0.1, -0.05) is 13.0 Å². The predicted molar refractivity (Wildman–Crippen MR) is 75.0 cm³/mol. The van der Waals surface area contributed by atoms with Crippen LogP contribution in [0.15, 0.2) is 18.2 Å². The number of rotatable bonds is 3. The minimum absolute atomic E-state index is 0.250. The van der Waals surface area contributed by atoms with E-state index in [9.17, 15) is 4.39 Å². The maximum atomic E-state index is 13.5. The first-order chi connectivity index (χ1) is 9.02. The molecule has 2 rings (SSSR count). The van der Waals surface area contributed by atoms with Crippen LogP contribution in [0.1, 0.15) is 23.9 Å². The maximum Gasteiger partial charge on any atom is 0.139 e. The standard InChI is InChI=1S/C14H17FN4/c1-4-12-18-13(16)9(3)14(19-12)17-11-7-5-6-10(15)8(11)2/h5-7H,4H2,1-3H3,(H3,16,17,18,19). The number of nitrogens with one attached hydrogen (secondary N) is 1. The second kappa shape index (κ2) is 5.22. The molecule has 1 aromatic heterocycles. The highest BCUT2D eigenvalue weighted by atomic mass is 19.1. The van der Waals surface area contributed by atoms with E-state index in [0.717, 1.165) is 5.56 Å². The third-order valence-corrected chi connectivity index (χ3v) is 3.07. The van der Waals surface area contributed by atoms with Gasteiger partial charge in [0.25, 0.3) is 0 Å². The van der Waals surface area contributed by atoms with Crippen LogP contribution in [-0.4, -0.2) is 9.97 Å². The number of aryl methyl sites for hydroxylation is 1. The van der Waals surface area contributed by atoms with E-state index in [1.165, 1.54) is 6.07 Å². The molecule has 100 valence electrons. The van der Waals surface area contributed by atoms with Crippen molar-refractivity contribution >= 4 is 17.3 Å². The molecule has 0 aliphatic heterocycles. The average Bonchev–Trinajstić information content (AvgIpc) is 2.39. The van der Waals surface area contributed by atoms with Crippen LogP contribution in [0, 0.1) is 19.7 Å². The lowest BCUT2D eigenvalue weighted by atomic mass is 10.2. The van der Waals surface area contributed by atoms with Crippen molar-refractivity contribution in [3.05, 3.63) is 41.0 Å². The Balaban J connectivity index is 2.43. The smallest absolute Gasteiger partial charge is 0.139 e. The van der Waals surface area contributed by atoms with Gasteiger partial charge in [-0.15, -0.1) is 0 Å². The van der Waals surface area contributed by atoms with Gasteiger partial charge in [-0.25, -0.2) is 14.4 Å². The molecule has 0 radical (unpaired) electrons. The molecule has 0 spiro atoms. The number of anilines is 3. The van der Waals surface area contributed by atoms with Crippen molar-refractivity contribution in [3.8, 4) is 0 Å². The first-order valence-electron chi connectivity index (χ1n) is 6.18. The molecule has 0 unspecified atom stereocenters. The second-order valence-electron chi connectivity index (χ2n) is 4.39. The van der Waals surface area contributed by atoms with Gasteiger partial charge in [0.2, 0.25) is 0 Å². The molecule has 4 nitrogen and oxygen atoms in total. The summed E-state index contributed by atoms with van der Waals surface area (Å²) in [4.78, 5) is 8.58. The Morgan fingerprint density at radius 2 is 1.95 bits per heavy atom. The molecule has 0 saturated carbocycles. The molecule has 1 heterocycles. The molecular weight excluding hydrogens is 243 g/mol. The van der Waals surface area contributed by atoms with Crippen LogP contribution in [0.2, 0.25) is 0 Å². The van der Waals surface area contributed by atoms with E-state index in [1.807, 2.05) is 19.9 Å². The second-order valence-corrected chi connectivity index (χ2v) is 4.39.